The highest BCUT2D eigenvalue weighted by molar-refractivity contribution is 9.09. The summed E-state index contributed by atoms with van der Waals surface area (Å²) in [7, 11) is 0. The number of halogens is 5. The van der Waals surface area contributed by atoms with E-state index in [0.29, 0.717) is 0 Å². The highest BCUT2D eigenvalue weighted by Gasteiger charge is 2.40. The molecule has 0 bridgehead atoms. The molecular formula is C6H3BrClF3S. The van der Waals surface area contributed by atoms with Crippen molar-refractivity contribution in [3.05, 3.63) is 21.3 Å². The van der Waals surface area contributed by atoms with Gasteiger partial charge in [-0.1, -0.05) is 27.5 Å². The van der Waals surface area contributed by atoms with Crippen LogP contribution in [0.15, 0.2) is 11.4 Å². The van der Waals surface area contributed by atoms with Gasteiger partial charge in [-0.25, -0.2) is 0 Å². The summed E-state index contributed by atoms with van der Waals surface area (Å²) in [5.74, 6) is 0. The number of hydrogen-bond acceptors (Lipinski definition) is 1. The number of thiophene rings is 1. The average Bonchev–Trinajstić information content (AvgIpc) is 2.31. The molecule has 0 saturated heterocycles. The van der Waals surface area contributed by atoms with Crippen molar-refractivity contribution < 1.29 is 13.2 Å². The van der Waals surface area contributed by atoms with Crippen LogP contribution in [-0.4, -0.2) is 6.18 Å². The zero-order valence-electron chi connectivity index (χ0n) is 5.53. The molecule has 12 heavy (non-hydrogen) atoms. The third kappa shape index (κ3) is 2.14. The maximum atomic E-state index is 12.1. The van der Waals surface area contributed by atoms with Crippen molar-refractivity contribution in [2.75, 3.05) is 0 Å². The summed E-state index contributed by atoms with van der Waals surface area (Å²) in [5, 5.41) is 1.68. The van der Waals surface area contributed by atoms with Crippen LogP contribution in [-0.2, 0) is 0 Å². The quantitative estimate of drug-likeness (QED) is 0.668. The van der Waals surface area contributed by atoms with E-state index in [1.165, 1.54) is 11.4 Å². The predicted molar refractivity (Wildman–Crippen MR) is 47.1 cm³/mol. The molecule has 1 unspecified atom stereocenters. The zero-order valence-corrected chi connectivity index (χ0v) is 8.69. The fourth-order valence-corrected chi connectivity index (χ4v) is 2.50. The Morgan fingerprint density at radius 1 is 1.50 bits per heavy atom. The van der Waals surface area contributed by atoms with Gasteiger partial charge >= 0.3 is 6.18 Å². The normalized spacial score (nSPS) is 14.8. The maximum Gasteiger partial charge on any atom is 0.406 e. The van der Waals surface area contributed by atoms with Gasteiger partial charge in [-0.15, -0.1) is 11.3 Å². The fraction of sp³-hybridized carbons (Fsp3) is 0.333. The monoisotopic (exact) mass is 278 g/mol. The molecule has 1 aromatic heterocycles. The molecule has 0 fully saturated rings. The van der Waals surface area contributed by atoms with E-state index in [4.69, 9.17) is 11.6 Å². The summed E-state index contributed by atoms with van der Waals surface area (Å²) in [5.41, 5.74) is 0. The second-order valence-electron chi connectivity index (χ2n) is 2.04. The van der Waals surface area contributed by atoms with Gasteiger partial charge in [0.25, 0.3) is 0 Å². The molecule has 68 valence electrons. The molecule has 0 aliphatic rings. The lowest BCUT2D eigenvalue weighted by Gasteiger charge is -2.12. The summed E-state index contributed by atoms with van der Waals surface area (Å²) in [6.07, 6.45) is -4.28. The largest absolute Gasteiger partial charge is 0.406 e. The Hall–Kier alpha value is 0.260. The van der Waals surface area contributed by atoms with Gasteiger partial charge in [0.05, 0.1) is 5.02 Å². The van der Waals surface area contributed by atoms with Crippen LogP contribution in [0.2, 0.25) is 5.02 Å². The first-order chi connectivity index (χ1) is 5.43. The number of alkyl halides is 4. The van der Waals surface area contributed by atoms with E-state index in [9.17, 15) is 13.2 Å². The van der Waals surface area contributed by atoms with Crippen molar-refractivity contribution in [3.8, 4) is 0 Å². The van der Waals surface area contributed by atoms with E-state index in [-0.39, 0.29) is 9.90 Å². The van der Waals surface area contributed by atoms with Crippen molar-refractivity contribution in [2.24, 2.45) is 0 Å². The Morgan fingerprint density at radius 2 is 2.08 bits per heavy atom. The summed E-state index contributed by atoms with van der Waals surface area (Å²) >= 11 is 9.04. The van der Waals surface area contributed by atoms with E-state index < -0.39 is 11.0 Å². The van der Waals surface area contributed by atoms with E-state index in [1.54, 1.807) is 0 Å². The Labute approximate surface area is 84.5 Å². The molecule has 1 heterocycles. The van der Waals surface area contributed by atoms with Crippen LogP contribution in [0.4, 0.5) is 13.2 Å². The van der Waals surface area contributed by atoms with Crippen LogP contribution in [0.3, 0.4) is 0 Å². The molecule has 0 aliphatic heterocycles. The lowest BCUT2D eigenvalue weighted by atomic mass is 10.3. The average molecular weight is 280 g/mol. The lowest BCUT2D eigenvalue weighted by molar-refractivity contribution is -0.127. The minimum Gasteiger partial charge on any atom is -0.169 e. The van der Waals surface area contributed by atoms with Crippen molar-refractivity contribution >= 4 is 38.9 Å². The molecule has 6 heteroatoms. The zero-order chi connectivity index (χ0) is 9.35. The van der Waals surface area contributed by atoms with Crippen LogP contribution < -0.4 is 0 Å². The van der Waals surface area contributed by atoms with E-state index in [0.717, 1.165) is 11.3 Å². The van der Waals surface area contributed by atoms with Gasteiger partial charge in [-0.05, 0) is 11.4 Å². The highest BCUT2D eigenvalue weighted by Crippen LogP contribution is 2.44. The third-order valence-corrected chi connectivity index (χ3v) is 3.87. The maximum absolute atomic E-state index is 12.1. The first kappa shape index (κ1) is 10.3. The Morgan fingerprint density at radius 3 is 2.42 bits per heavy atom. The molecule has 0 radical (unpaired) electrons. The standard InChI is InChI=1S/C6H3BrClF3S/c7-5(6(9,10)11)4-3(8)1-2-12-4/h1-2,5H. The molecule has 1 aromatic rings. The van der Waals surface area contributed by atoms with Crippen molar-refractivity contribution in [1.82, 2.24) is 0 Å². The molecule has 0 aliphatic carbocycles. The topological polar surface area (TPSA) is 0 Å². The number of rotatable bonds is 1. The molecule has 0 amide bonds. The molecule has 0 saturated carbocycles. The summed E-state index contributed by atoms with van der Waals surface area (Å²) in [6, 6.07) is 1.45. The SMILES string of the molecule is FC(F)(F)C(Br)c1sccc1Cl. The van der Waals surface area contributed by atoms with Crippen LogP contribution in [0.5, 0.6) is 0 Å². The smallest absolute Gasteiger partial charge is 0.169 e. The van der Waals surface area contributed by atoms with Crippen LogP contribution in [0, 0.1) is 0 Å². The lowest BCUT2D eigenvalue weighted by Crippen LogP contribution is -2.14. The van der Waals surface area contributed by atoms with Crippen molar-refractivity contribution in [1.29, 1.82) is 0 Å². The van der Waals surface area contributed by atoms with Gasteiger partial charge in [0.2, 0.25) is 0 Å². The Kier molecular flexibility index (Phi) is 3.06. The first-order valence-corrected chi connectivity index (χ1v) is 5.04. The predicted octanol–water partition coefficient (Wildman–Crippen LogP) is 4.40. The van der Waals surface area contributed by atoms with Gasteiger partial charge < -0.3 is 0 Å². The number of hydrogen-bond donors (Lipinski definition) is 0. The molecule has 0 nitrogen and oxygen atoms in total. The molecule has 0 N–H and O–H groups in total. The summed E-state index contributed by atoms with van der Waals surface area (Å²) < 4.78 is 36.3. The molecule has 0 spiro atoms. The Bertz CT molecular complexity index is 270. The van der Waals surface area contributed by atoms with Gasteiger partial charge in [0.1, 0.15) is 4.83 Å². The Balaban J connectivity index is 2.92. The van der Waals surface area contributed by atoms with E-state index in [1.807, 2.05) is 0 Å². The van der Waals surface area contributed by atoms with E-state index >= 15 is 0 Å². The van der Waals surface area contributed by atoms with Crippen LogP contribution in [0.25, 0.3) is 0 Å². The molecule has 1 rings (SSSR count). The van der Waals surface area contributed by atoms with Crippen molar-refractivity contribution in [3.63, 3.8) is 0 Å². The van der Waals surface area contributed by atoms with Crippen molar-refractivity contribution in [2.45, 2.75) is 11.0 Å². The van der Waals surface area contributed by atoms with Gasteiger partial charge in [0.15, 0.2) is 0 Å². The first-order valence-electron chi connectivity index (χ1n) is 2.86. The molecule has 0 aromatic carbocycles. The second kappa shape index (κ2) is 3.55. The van der Waals surface area contributed by atoms with Crippen LogP contribution >= 0.6 is 38.9 Å². The van der Waals surface area contributed by atoms with Gasteiger partial charge in [-0.3, -0.25) is 0 Å². The molecule has 1 atom stereocenters. The minimum atomic E-state index is -4.28. The molecular weight excluding hydrogens is 276 g/mol. The fourth-order valence-electron chi connectivity index (χ4n) is 0.635. The highest BCUT2D eigenvalue weighted by atomic mass is 79.9. The second-order valence-corrected chi connectivity index (χ2v) is 4.31. The van der Waals surface area contributed by atoms with Crippen LogP contribution in [0.1, 0.15) is 9.70 Å². The van der Waals surface area contributed by atoms with E-state index in [2.05, 4.69) is 15.9 Å². The van der Waals surface area contributed by atoms with Gasteiger partial charge in [-0.2, -0.15) is 13.2 Å². The minimum absolute atomic E-state index is 0.101. The third-order valence-electron chi connectivity index (χ3n) is 1.16. The summed E-state index contributed by atoms with van der Waals surface area (Å²) in [6.45, 7) is 0. The van der Waals surface area contributed by atoms with Gasteiger partial charge in [0, 0.05) is 4.88 Å². The summed E-state index contributed by atoms with van der Waals surface area (Å²) in [4.78, 5) is -1.55.